The highest BCUT2D eigenvalue weighted by Gasteiger charge is 2.59. The number of carbonyl (C=O) groups excluding carboxylic acids is 1. The summed E-state index contributed by atoms with van der Waals surface area (Å²) < 4.78 is 3.04. The van der Waals surface area contributed by atoms with Crippen LogP contribution in [0.2, 0.25) is 0 Å². The summed E-state index contributed by atoms with van der Waals surface area (Å²) in [5.41, 5.74) is 1.18. The van der Waals surface area contributed by atoms with Gasteiger partial charge in [0.25, 0.3) is 0 Å². The molecule has 0 aromatic heterocycles. The van der Waals surface area contributed by atoms with Gasteiger partial charge >= 0.3 is 0 Å². The Kier molecular flexibility index (Phi) is 9.92. The molecule has 7 atom stereocenters. The van der Waals surface area contributed by atoms with Crippen LogP contribution in [0.4, 0.5) is 0 Å². The molecule has 1 N–H and O–H groups in total. The van der Waals surface area contributed by atoms with Crippen LogP contribution >= 0.6 is 11.9 Å². The van der Waals surface area contributed by atoms with Crippen LogP contribution in [0.15, 0.2) is 35.2 Å². The van der Waals surface area contributed by atoms with Gasteiger partial charge in [0, 0.05) is 11.3 Å². The van der Waals surface area contributed by atoms with Crippen molar-refractivity contribution in [3.63, 3.8) is 0 Å². The highest BCUT2D eigenvalue weighted by Crippen LogP contribution is 2.67. The molecule has 0 heterocycles. The molecule has 0 spiro atoms. The van der Waals surface area contributed by atoms with Gasteiger partial charge in [-0.2, -0.15) is 0 Å². The minimum atomic E-state index is 0.186. The molecule has 0 bridgehead atoms. The second-order valence-corrected chi connectivity index (χ2v) is 13.9. The lowest BCUT2D eigenvalue weighted by Gasteiger charge is -2.60. The summed E-state index contributed by atoms with van der Waals surface area (Å²) in [4.78, 5) is 13.5. The number of hydrogen-bond donors (Lipinski definition) is 1. The standard InChI is InChI=1S/C29H43NOS.C4H10/c1-28-19-7-6-9-21(28)14-16-24-25-17-15-22(29(25,2)20-18-26(24)28)10-8-13-27(31)30-32-23-11-4-3-5-12-23;1-3-4-2/h3-5,11-12,21-22,24-26H,6-10,13-20H2,1-2H3,(H,30,31);3-4H2,1-2H3. The number of benzene rings is 1. The summed E-state index contributed by atoms with van der Waals surface area (Å²) >= 11 is 1.45. The van der Waals surface area contributed by atoms with Crippen molar-refractivity contribution in [2.24, 2.45) is 40.4 Å². The van der Waals surface area contributed by atoms with E-state index in [2.05, 4.69) is 32.4 Å². The fourth-order valence-electron chi connectivity index (χ4n) is 9.04. The first-order valence-electron chi connectivity index (χ1n) is 15.4. The van der Waals surface area contributed by atoms with Crippen LogP contribution < -0.4 is 4.72 Å². The Balaban J connectivity index is 0.000000709. The monoisotopic (exact) mass is 511 g/mol. The lowest BCUT2D eigenvalue weighted by Crippen LogP contribution is -2.52. The van der Waals surface area contributed by atoms with Gasteiger partial charge in [-0.05, 0) is 129 Å². The highest BCUT2D eigenvalue weighted by molar-refractivity contribution is 7.98. The normalized spacial score (nSPS) is 37.1. The summed E-state index contributed by atoms with van der Waals surface area (Å²) in [7, 11) is 0. The van der Waals surface area contributed by atoms with Gasteiger partial charge in [-0.1, -0.05) is 71.6 Å². The molecular formula is C33H53NOS. The van der Waals surface area contributed by atoms with Gasteiger partial charge in [-0.3, -0.25) is 9.52 Å². The average molecular weight is 512 g/mol. The second kappa shape index (κ2) is 12.7. The van der Waals surface area contributed by atoms with Crippen molar-refractivity contribution in [2.75, 3.05) is 0 Å². The van der Waals surface area contributed by atoms with E-state index in [1.807, 2.05) is 30.3 Å². The summed E-state index contributed by atoms with van der Waals surface area (Å²) in [6, 6.07) is 10.1. The molecule has 36 heavy (non-hydrogen) atoms. The molecule has 4 saturated carbocycles. The van der Waals surface area contributed by atoms with Crippen molar-refractivity contribution in [3.05, 3.63) is 30.3 Å². The number of amides is 1. The Hall–Kier alpha value is -0.960. The highest BCUT2D eigenvalue weighted by atomic mass is 32.2. The number of carbonyl (C=O) groups is 1. The van der Waals surface area contributed by atoms with Crippen LogP contribution in [-0.4, -0.2) is 5.91 Å². The molecule has 2 nitrogen and oxygen atoms in total. The summed E-state index contributed by atoms with van der Waals surface area (Å²) in [6.07, 6.45) is 20.4. The van der Waals surface area contributed by atoms with Gasteiger partial charge < -0.3 is 0 Å². The van der Waals surface area contributed by atoms with Gasteiger partial charge in [-0.25, -0.2) is 0 Å². The van der Waals surface area contributed by atoms with E-state index in [0.29, 0.717) is 17.3 Å². The van der Waals surface area contributed by atoms with E-state index in [9.17, 15) is 4.79 Å². The molecule has 4 aliphatic carbocycles. The zero-order valence-electron chi connectivity index (χ0n) is 23.7. The number of nitrogens with one attached hydrogen (secondary N) is 1. The maximum absolute atomic E-state index is 12.4. The predicted octanol–water partition coefficient (Wildman–Crippen LogP) is 9.84. The zero-order valence-corrected chi connectivity index (χ0v) is 24.5. The molecule has 1 aromatic rings. The molecule has 3 heteroatoms. The summed E-state index contributed by atoms with van der Waals surface area (Å²) in [5, 5.41) is 0. The van der Waals surface area contributed by atoms with E-state index < -0.39 is 0 Å². The minimum absolute atomic E-state index is 0.186. The molecule has 1 amide bonds. The van der Waals surface area contributed by atoms with Crippen molar-refractivity contribution < 1.29 is 4.79 Å². The minimum Gasteiger partial charge on any atom is -0.296 e. The maximum Gasteiger partial charge on any atom is 0.230 e. The van der Waals surface area contributed by atoms with Crippen LogP contribution in [-0.2, 0) is 4.79 Å². The van der Waals surface area contributed by atoms with Crippen LogP contribution in [0.25, 0.3) is 0 Å². The van der Waals surface area contributed by atoms with Gasteiger partial charge in [-0.15, -0.1) is 0 Å². The average Bonchev–Trinajstić information content (AvgIpc) is 3.24. The van der Waals surface area contributed by atoms with E-state index in [-0.39, 0.29) is 5.91 Å². The third-order valence-electron chi connectivity index (χ3n) is 11.3. The van der Waals surface area contributed by atoms with Gasteiger partial charge in [0.05, 0.1) is 0 Å². The second-order valence-electron chi connectivity index (χ2n) is 13.1. The van der Waals surface area contributed by atoms with E-state index >= 15 is 0 Å². The van der Waals surface area contributed by atoms with Crippen LogP contribution in [0, 0.1) is 40.4 Å². The Morgan fingerprint density at radius 3 is 2.39 bits per heavy atom. The molecule has 5 rings (SSSR count). The third-order valence-corrected chi connectivity index (χ3v) is 12.1. The van der Waals surface area contributed by atoms with E-state index in [1.54, 1.807) is 0 Å². The van der Waals surface area contributed by atoms with Crippen molar-refractivity contribution >= 4 is 17.9 Å². The number of hydrogen-bond acceptors (Lipinski definition) is 2. The SMILES string of the molecule is CC12CCCCC1CCC1C2CCC2(C)C(CCCC(=O)NSc3ccccc3)CCC12.CCCC. The molecule has 1 aromatic carbocycles. The summed E-state index contributed by atoms with van der Waals surface area (Å²) in [6.45, 7) is 9.70. The molecular weight excluding hydrogens is 458 g/mol. The van der Waals surface area contributed by atoms with E-state index in [0.717, 1.165) is 40.9 Å². The third kappa shape index (κ3) is 6.02. The van der Waals surface area contributed by atoms with Crippen LogP contribution in [0.1, 0.15) is 124 Å². The molecule has 4 aliphatic rings. The Morgan fingerprint density at radius 2 is 1.64 bits per heavy atom. The predicted molar refractivity (Wildman–Crippen MR) is 155 cm³/mol. The molecule has 202 valence electrons. The Bertz CT molecular complexity index is 824. The van der Waals surface area contributed by atoms with Crippen LogP contribution in [0.5, 0.6) is 0 Å². The molecule has 0 aliphatic heterocycles. The Morgan fingerprint density at radius 1 is 0.889 bits per heavy atom. The van der Waals surface area contributed by atoms with Crippen molar-refractivity contribution in [1.29, 1.82) is 0 Å². The van der Waals surface area contributed by atoms with Gasteiger partial charge in [0.2, 0.25) is 5.91 Å². The fourth-order valence-corrected chi connectivity index (χ4v) is 9.67. The molecule has 0 radical (unpaired) electrons. The largest absolute Gasteiger partial charge is 0.296 e. The quantitative estimate of drug-likeness (QED) is 0.369. The fraction of sp³-hybridized carbons (Fsp3) is 0.788. The zero-order chi connectivity index (χ0) is 25.6. The van der Waals surface area contributed by atoms with Crippen molar-refractivity contribution in [3.8, 4) is 0 Å². The lowest BCUT2D eigenvalue weighted by molar-refractivity contribution is -0.119. The smallest absolute Gasteiger partial charge is 0.230 e. The number of fused-ring (bicyclic) bond motifs is 5. The Labute approximate surface area is 226 Å². The van der Waals surface area contributed by atoms with Gasteiger partial charge in [0.15, 0.2) is 0 Å². The molecule has 7 unspecified atom stereocenters. The molecule has 0 saturated heterocycles. The van der Waals surface area contributed by atoms with Crippen molar-refractivity contribution in [2.45, 2.75) is 129 Å². The summed E-state index contributed by atoms with van der Waals surface area (Å²) in [5.74, 6) is 4.98. The van der Waals surface area contributed by atoms with E-state index in [1.165, 1.54) is 95.4 Å². The van der Waals surface area contributed by atoms with Crippen molar-refractivity contribution in [1.82, 2.24) is 4.72 Å². The first-order chi connectivity index (χ1) is 17.4. The molecule has 4 fully saturated rings. The van der Waals surface area contributed by atoms with Crippen LogP contribution in [0.3, 0.4) is 0 Å². The number of unbranched alkanes of at least 4 members (excludes halogenated alkanes) is 1. The number of rotatable bonds is 7. The maximum atomic E-state index is 12.4. The van der Waals surface area contributed by atoms with E-state index in [4.69, 9.17) is 0 Å². The topological polar surface area (TPSA) is 29.1 Å². The first kappa shape index (κ1) is 28.1. The van der Waals surface area contributed by atoms with Gasteiger partial charge in [0.1, 0.15) is 0 Å². The first-order valence-corrected chi connectivity index (χ1v) is 16.2. The lowest BCUT2D eigenvalue weighted by atomic mass is 9.45.